The van der Waals surface area contributed by atoms with Gasteiger partial charge in [0, 0.05) is 12.1 Å². The number of fused-ring (bicyclic) bond motifs is 1. The lowest BCUT2D eigenvalue weighted by Gasteiger charge is -2.20. The minimum absolute atomic E-state index is 0.339. The van der Waals surface area contributed by atoms with E-state index in [4.69, 9.17) is 9.47 Å². The van der Waals surface area contributed by atoms with Gasteiger partial charge in [-0.05, 0) is 38.0 Å². The molecule has 0 amide bonds. The highest BCUT2D eigenvalue weighted by molar-refractivity contribution is 5.45. The molecular formula is C15H23NO2. The quantitative estimate of drug-likeness (QED) is 0.835. The van der Waals surface area contributed by atoms with E-state index in [2.05, 4.69) is 38.2 Å². The molecule has 1 N–H and O–H groups in total. The molecule has 3 nitrogen and oxygen atoms in total. The molecule has 0 spiro atoms. The lowest BCUT2D eigenvalue weighted by Crippen LogP contribution is -2.28. The summed E-state index contributed by atoms with van der Waals surface area (Å²) in [6.45, 7) is 7.01. The molecule has 0 aliphatic carbocycles. The summed E-state index contributed by atoms with van der Waals surface area (Å²) in [6.07, 6.45) is 3.76. The van der Waals surface area contributed by atoms with Crippen molar-refractivity contribution in [3.63, 3.8) is 0 Å². The topological polar surface area (TPSA) is 30.5 Å². The van der Waals surface area contributed by atoms with Gasteiger partial charge in [-0.25, -0.2) is 0 Å². The van der Waals surface area contributed by atoms with Crippen LogP contribution in [0.3, 0.4) is 0 Å². The maximum absolute atomic E-state index is 5.41. The standard InChI is InChI=1S/C15H23NO2/c1-4-5-6-11(2)16-12(3)13-7-8-14-15(9-13)18-10-17-14/h7-9,11-12,16H,4-6,10H2,1-3H3. The van der Waals surface area contributed by atoms with Gasteiger partial charge in [0.1, 0.15) is 0 Å². The minimum Gasteiger partial charge on any atom is -0.454 e. The van der Waals surface area contributed by atoms with E-state index in [-0.39, 0.29) is 0 Å². The van der Waals surface area contributed by atoms with E-state index in [0.717, 1.165) is 11.5 Å². The van der Waals surface area contributed by atoms with Crippen molar-refractivity contribution < 1.29 is 9.47 Å². The van der Waals surface area contributed by atoms with Crippen molar-refractivity contribution >= 4 is 0 Å². The van der Waals surface area contributed by atoms with Crippen LogP contribution in [0, 0.1) is 0 Å². The molecule has 0 aromatic heterocycles. The van der Waals surface area contributed by atoms with Gasteiger partial charge in [0.05, 0.1) is 0 Å². The van der Waals surface area contributed by atoms with Crippen LogP contribution in [0.1, 0.15) is 51.6 Å². The molecular weight excluding hydrogens is 226 g/mol. The lowest BCUT2D eigenvalue weighted by molar-refractivity contribution is 0.174. The smallest absolute Gasteiger partial charge is 0.231 e. The van der Waals surface area contributed by atoms with Crippen LogP contribution in [0.4, 0.5) is 0 Å². The van der Waals surface area contributed by atoms with Gasteiger partial charge in [-0.3, -0.25) is 0 Å². The third kappa shape index (κ3) is 3.16. The van der Waals surface area contributed by atoms with Crippen LogP contribution in [0.2, 0.25) is 0 Å². The van der Waals surface area contributed by atoms with Crippen LogP contribution >= 0.6 is 0 Å². The third-order valence-corrected chi connectivity index (χ3v) is 3.42. The molecule has 1 aliphatic rings. The molecule has 0 saturated carbocycles. The summed E-state index contributed by atoms with van der Waals surface area (Å²) in [5.74, 6) is 1.72. The average molecular weight is 249 g/mol. The van der Waals surface area contributed by atoms with Gasteiger partial charge in [0.15, 0.2) is 11.5 Å². The summed E-state index contributed by atoms with van der Waals surface area (Å²) in [5.41, 5.74) is 1.25. The van der Waals surface area contributed by atoms with E-state index in [0.29, 0.717) is 18.9 Å². The summed E-state index contributed by atoms with van der Waals surface area (Å²) in [4.78, 5) is 0. The molecule has 0 bridgehead atoms. The first-order valence-electron chi connectivity index (χ1n) is 6.86. The van der Waals surface area contributed by atoms with Crippen molar-refractivity contribution in [2.45, 2.75) is 52.1 Å². The number of hydrogen-bond donors (Lipinski definition) is 1. The Hall–Kier alpha value is -1.22. The van der Waals surface area contributed by atoms with Gasteiger partial charge in [0.25, 0.3) is 0 Å². The number of benzene rings is 1. The lowest BCUT2D eigenvalue weighted by atomic mass is 10.1. The summed E-state index contributed by atoms with van der Waals surface area (Å²) in [5, 5.41) is 3.63. The molecule has 18 heavy (non-hydrogen) atoms. The van der Waals surface area contributed by atoms with Gasteiger partial charge in [-0.1, -0.05) is 25.8 Å². The number of hydrogen-bond acceptors (Lipinski definition) is 3. The third-order valence-electron chi connectivity index (χ3n) is 3.42. The molecule has 3 heteroatoms. The van der Waals surface area contributed by atoms with Crippen LogP contribution in [0.5, 0.6) is 11.5 Å². The summed E-state index contributed by atoms with van der Waals surface area (Å²) >= 11 is 0. The van der Waals surface area contributed by atoms with Gasteiger partial charge in [0.2, 0.25) is 6.79 Å². The van der Waals surface area contributed by atoms with Gasteiger partial charge in [-0.15, -0.1) is 0 Å². The molecule has 0 fully saturated rings. The zero-order chi connectivity index (χ0) is 13.0. The summed E-state index contributed by atoms with van der Waals surface area (Å²) < 4.78 is 10.7. The number of rotatable bonds is 6. The van der Waals surface area contributed by atoms with Gasteiger partial charge in [-0.2, -0.15) is 0 Å². The van der Waals surface area contributed by atoms with Crippen LogP contribution in [0.15, 0.2) is 18.2 Å². The Morgan fingerprint density at radius 1 is 1.22 bits per heavy atom. The average Bonchev–Trinajstić information content (AvgIpc) is 2.83. The Balaban J connectivity index is 1.94. The van der Waals surface area contributed by atoms with Crippen molar-refractivity contribution in [3.05, 3.63) is 23.8 Å². The Morgan fingerprint density at radius 3 is 2.78 bits per heavy atom. The molecule has 2 unspecified atom stereocenters. The van der Waals surface area contributed by atoms with Crippen LogP contribution < -0.4 is 14.8 Å². The highest BCUT2D eigenvalue weighted by Crippen LogP contribution is 2.34. The van der Waals surface area contributed by atoms with Crippen molar-refractivity contribution in [1.82, 2.24) is 5.32 Å². The van der Waals surface area contributed by atoms with E-state index in [9.17, 15) is 0 Å². The fraction of sp³-hybridized carbons (Fsp3) is 0.600. The molecule has 0 radical (unpaired) electrons. The first-order valence-corrected chi connectivity index (χ1v) is 6.86. The van der Waals surface area contributed by atoms with Crippen molar-refractivity contribution in [3.8, 4) is 11.5 Å². The Morgan fingerprint density at radius 2 is 2.00 bits per heavy atom. The molecule has 1 aliphatic heterocycles. The zero-order valence-electron chi connectivity index (χ0n) is 11.5. The predicted octanol–water partition coefficient (Wildman–Crippen LogP) is 3.64. The number of nitrogens with one attached hydrogen (secondary N) is 1. The van der Waals surface area contributed by atoms with E-state index in [1.807, 2.05) is 6.07 Å². The largest absolute Gasteiger partial charge is 0.454 e. The zero-order valence-corrected chi connectivity index (χ0v) is 11.5. The first-order chi connectivity index (χ1) is 8.70. The predicted molar refractivity (Wildman–Crippen MR) is 73.1 cm³/mol. The molecule has 2 atom stereocenters. The molecule has 1 aromatic rings. The van der Waals surface area contributed by atoms with E-state index >= 15 is 0 Å². The highest BCUT2D eigenvalue weighted by Gasteiger charge is 2.16. The van der Waals surface area contributed by atoms with Crippen molar-refractivity contribution in [1.29, 1.82) is 0 Å². The molecule has 1 heterocycles. The van der Waals surface area contributed by atoms with Crippen LogP contribution in [-0.2, 0) is 0 Å². The molecule has 2 rings (SSSR count). The first kappa shape index (κ1) is 13.2. The summed E-state index contributed by atoms with van der Waals surface area (Å²) in [7, 11) is 0. The summed E-state index contributed by atoms with van der Waals surface area (Å²) in [6, 6.07) is 7.06. The number of ether oxygens (including phenoxy) is 2. The second-order valence-corrected chi connectivity index (χ2v) is 5.04. The second-order valence-electron chi connectivity index (χ2n) is 5.04. The SMILES string of the molecule is CCCCC(C)NC(C)c1ccc2c(c1)OCO2. The van der Waals surface area contributed by atoms with Gasteiger partial charge >= 0.3 is 0 Å². The maximum atomic E-state index is 5.41. The fourth-order valence-electron chi connectivity index (χ4n) is 2.30. The maximum Gasteiger partial charge on any atom is 0.231 e. The van der Waals surface area contributed by atoms with Crippen LogP contribution in [0.25, 0.3) is 0 Å². The molecule has 1 aromatic carbocycles. The van der Waals surface area contributed by atoms with Gasteiger partial charge < -0.3 is 14.8 Å². The molecule has 0 saturated heterocycles. The van der Waals surface area contributed by atoms with E-state index in [1.165, 1.54) is 24.8 Å². The Labute approximate surface area is 109 Å². The normalized spacial score (nSPS) is 16.6. The minimum atomic E-state index is 0.339. The second kappa shape index (κ2) is 6.10. The monoisotopic (exact) mass is 249 g/mol. The Kier molecular flexibility index (Phi) is 4.48. The molecule has 100 valence electrons. The number of unbranched alkanes of at least 4 members (excludes halogenated alkanes) is 1. The van der Waals surface area contributed by atoms with Crippen molar-refractivity contribution in [2.75, 3.05) is 6.79 Å². The van der Waals surface area contributed by atoms with Crippen molar-refractivity contribution in [2.24, 2.45) is 0 Å². The van der Waals surface area contributed by atoms with E-state index < -0.39 is 0 Å². The fourth-order valence-corrected chi connectivity index (χ4v) is 2.30. The van der Waals surface area contributed by atoms with E-state index in [1.54, 1.807) is 0 Å². The Bertz CT molecular complexity index is 392. The van der Waals surface area contributed by atoms with Crippen LogP contribution in [-0.4, -0.2) is 12.8 Å². The highest BCUT2D eigenvalue weighted by atomic mass is 16.7.